The molecule has 0 spiro atoms. The van der Waals surface area contributed by atoms with Crippen LogP contribution in [0.15, 0.2) is 60.9 Å². The third kappa shape index (κ3) is 3.26. The quantitative estimate of drug-likeness (QED) is 0.794. The highest BCUT2D eigenvalue weighted by Crippen LogP contribution is 2.47. The number of nitrogens with one attached hydrogen (secondary N) is 1. The highest BCUT2D eigenvalue weighted by Gasteiger charge is 2.44. The molecule has 0 aliphatic heterocycles. The summed E-state index contributed by atoms with van der Waals surface area (Å²) in [6.07, 6.45) is 4.27. The minimum absolute atomic E-state index is 0.00355. The van der Waals surface area contributed by atoms with Gasteiger partial charge in [-0.15, -0.1) is 0 Å². The maximum Gasteiger partial charge on any atom is 0.228 e. The molecule has 1 aliphatic rings. The molecule has 4 rings (SSSR count). The van der Waals surface area contributed by atoms with E-state index in [1.165, 1.54) is 0 Å². The molecule has 124 valence electrons. The second-order valence-corrected chi connectivity index (χ2v) is 6.33. The van der Waals surface area contributed by atoms with E-state index in [0.29, 0.717) is 0 Å². The number of pyridine rings is 1. The molecule has 3 aromatic rings. The lowest BCUT2D eigenvalue weighted by Crippen LogP contribution is -2.14. The van der Waals surface area contributed by atoms with Crippen molar-refractivity contribution in [3.63, 3.8) is 0 Å². The Balaban J connectivity index is 1.49. The van der Waals surface area contributed by atoms with Gasteiger partial charge >= 0.3 is 0 Å². The van der Waals surface area contributed by atoms with Gasteiger partial charge in [0.05, 0.1) is 5.69 Å². The number of rotatable bonds is 4. The highest BCUT2D eigenvalue weighted by molar-refractivity contribution is 5.95. The van der Waals surface area contributed by atoms with Gasteiger partial charge in [0.25, 0.3) is 0 Å². The Hall–Kier alpha value is -3.08. The molecular formula is C20H18N4O. The summed E-state index contributed by atoms with van der Waals surface area (Å²) >= 11 is 0. The first kappa shape index (κ1) is 15.4. The Kier molecular flexibility index (Phi) is 3.98. The van der Waals surface area contributed by atoms with Crippen molar-refractivity contribution >= 4 is 11.6 Å². The summed E-state index contributed by atoms with van der Waals surface area (Å²) in [6, 6.07) is 15.5. The number of amides is 1. The Morgan fingerprint density at radius 1 is 1.12 bits per heavy atom. The average Bonchev–Trinajstić information content (AvgIpc) is 3.46. The normalized spacial score (nSPS) is 18.6. The van der Waals surface area contributed by atoms with E-state index in [-0.39, 0.29) is 17.7 Å². The predicted molar refractivity (Wildman–Crippen MR) is 95.9 cm³/mol. The van der Waals surface area contributed by atoms with Crippen LogP contribution in [0.1, 0.15) is 23.6 Å². The largest absolute Gasteiger partial charge is 0.326 e. The predicted octanol–water partition coefficient (Wildman–Crippen LogP) is 3.59. The zero-order chi connectivity index (χ0) is 17.2. The lowest BCUT2D eigenvalue weighted by molar-refractivity contribution is -0.117. The van der Waals surface area contributed by atoms with Crippen molar-refractivity contribution in [3.05, 3.63) is 72.2 Å². The van der Waals surface area contributed by atoms with Crippen LogP contribution in [-0.2, 0) is 4.79 Å². The van der Waals surface area contributed by atoms with Gasteiger partial charge in [-0.2, -0.15) is 10.2 Å². The molecule has 0 unspecified atom stereocenters. The van der Waals surface area contributed by atoms with Crippen LogP contribution in [0.3, 0.4) is 0 Å². The molecule has 1 fully saturated rings. The first-order valence-corrected chi connectivity index (χ1v) is 8.33. The van der Waals surface area contributed by atoms with Crippen molar-refractivity contribution in [3.8, 4) is 11.3 Å². The molecule has 1 aliphatic carbocycles. The zero-order valence-electron chi connectivity index (χ0n) is 13.9. The number of carbonyl (C=O) groups is 1. The Bertz CT molecular complexity index is 896. The summed E-state index contributed by atoms with van der Waals surface area (Å²) in [4.78, 5) is 16.9. The third-order valence-corrected chi connectivity index (χ3v) is 4.55. The van der Waals surface area contributed by atoms with Crippen molar-refractivity contribution < 1.29 is 4.79 Å². The number of hydrogen-bond donors (Lipinski definition) is 1. The van der Waals surface area contributed by atoms with Gasteiger partial charge in [-0.25, -0.2) is 0 Å². The first-order chi connectivity index (χ1) is 12.2. The van der Waals surface area contributed by atoms with E-state index in [0.717, 1.165) is 34.6 Å². The minimum Gasteiger partial charge on any atom is -0.326 e. The standard InChI is InChI=1S/C20H18N4O/c1-13-7-8-14(11-15(13)19-6-4-10-22-24-19)23-20(25)17-12-16(17)18-5-2-3-9-21-18/h2-11,16-17H,12H2,1H3,(H,23,25)/t16-,17+/m0/s1. The summed E-state index contributed by atoms with van der Waals surface area (Å²) in [6.45, 7) is 2.02. The second kappa shape index (κ2) is 6.43. The fourth-order valence-corrected chi connectivity index (χ4v) is 3.06. The molecule has 2 atom stereocenters. The average molecular weight is 330 g/mol. The SMILES string of the molecule is Cc1ccc(NC(=O)[C@@H]2C[C@@H]2c2ccccn2)cc1-c1cccnn1. The van der Waals surface area contributed by atoms with Crippen LogP contribution in [0.25, 0.3) is 11.3 Å². The lowest BCUT2D eigenvalue weighted by atomic mass is 10.0. The van der Waals surface area contributed by atoms with E-state index in [9.17, 15) is 4.79 Å². The van der Waals surface area contributed by atoms with Crippen LogP contribution in [0, 0.1) is 12.8 Å². The van der Waals surface area contributed by atoms with E-state index in [1.54, 1.807) is 12.4 Å². The fourth-order valence-electron chi connectivity index (χ4n) is 3.06. The van der Waals surface area contributed by atoms with Gasteiger partial charge in [-0.05, 0) is 55.3 Å². The molecule has 1 aromatic carbocycles. The number of nitrogens with zero attached hydrogens (tertiary/aromatic N) is 3. The summed E-state index contributed by atoms with van der Waals surface area (Å²) in [5, 5.41) is 11.1. The third-order valence-electron chi connectivity index (χ3n) is 4.55. The van der Waals surface area contributed by atoms with Crippen molar-refractivity contribution in [2.75, 3.05) is 5.32 Å². The maximum atomic E-state index is 12.5. The summed E-state index contributed by atoms with van der Waals surface area (Å²) < 4.78 is 0. The molecular weight excluding hydrogens is 312 g/mol. The van der Waals surface area contributed by atoms with Crippen molar-refractivity contribution in [1.82, 2.24) is 15.2 Å². The van der Waals surface area contributed by atoms with E-state index in [1.807, 2.05) is 55.5 Å². The van der Waals surface area contributed by atoms with Crippen LogP contribution < -0.4 is 5.32 Å². The van der Waals surface area contributed by atoms with Crippen LogP contribution >= 0.6 is 0 Å². The number of carbonyl (C=O) groups excluding carboxylic acids is 1. The van der Waals surface area contributed by atoms with Crippen LogP contribution in [0.2, 0.25) is 0 Å². The van der Waals surface area contributed by atoms with E-state index >= 15 is 0 Å². The van der Waals surface area contributed by atoms with E-state index < -0.39 is 0 Å². The van der Waals surface area contributed by atoms with Gasteiger partial charge in [0, 0.05) is 41.2 Å². The van der Waals surface area contributed by atoms with Gasteiger partial charge in [0.1, 0.15) is 0 Å². The molecule has 25 heavy (non-hydrogen) atoms. The second-order valence-electron chi connectivity index (χ2n) is 6.33. The smallest absolute Gasteiger partial charge is 0.228 e. The molecule has 2 heterocycles. The zero-order valence-corrected chi connectivity index (χ0v) is 13.9. The molecule has 5 heteroatoms. The van der Waals surface area contributed by atoms with E-state index in [4.69, 9.17) is 0 Å². The van der Waals surface area contributed by atoms with Crippen LogP contribution in [0.5, 0.6) is 0 Å². The Morgan fingerprint density at radius 3 is 2.80 bits per heavy atom. The van der Waals surface area contributed by atoms with Crippen LogP contribution in [0.4, 0.5) is 5.69 Å². The molecule has 1 N–H and O–H groups in total. The summed E-state index contributed by atoms with van der Waals surface area (Å²) in [5.74, 6) is 0.270. The van der Waals surface area contributed by atoms with Crippen molar-refractivity contribution in [2.45, 2.75) is 19.3 Å². The molecule has 0 radical (unpaired) electrons. The van der Waals surface area contributed by atoms with Crippen molar-refractivity contribution in [2.24, 2.45) is 5.92 Å². The maximum absolute atomic E-state index is 12.5. The number of aromatic nitrogens is 3. The molecule has 1 amide bonds. The van der Waals surface area contributed by atoms with Crippen molar-refractivity contribution in [1.29, 1.82) is 0 Å². The number of benzene rings is 1. The minimum atomic E-state index is -0.00355. The summed E-state index contributed by atoms with van der Waals surface area (Å²) in [5.41, 5.74) is 4.64. The van der Waals surface area contributed by atoms with Crippen LogP contribution in [-0.4, -0.2) is 21.1 Å². The van der Waals surface area contributed by atoms with Gasteiger partial charge in [-0.1, -0.05) is 12.1 Å². The fraction of sp³-hybridized carbons (Fsp3) is 0.200. The Labute approximate surface area is 146 Å². The highest BCUT2D eigenvalue weighted by atomic mass is 16.2. The molecule has 2 aromatic heterocycles. The molecule has 1 saturated carbocycles. The van der Waals surface area contributed by atoms with Gasteiger partial charge in [0.15, 0.2) is 0 Å². The first-order valence-electron chi connectivity index (χ1n) is 8.33. The monoisotopic (exact) mass is 330 g/mol. The van der Waals surface area contributed by atoms with E-state index in [2.05, 4.69) is 20.5 Å². The molecule has 5 nitrogen and oxygen atoms in total. The topological polar surface area (TPSA) is 67.8 Å². The number of aryl methyl sites for hydroxylation is 1. The Morgan fingerprint density at radius 2 is 2.04 bits per heavy atom. The van der Waals surface area contributed by atoms with Gasteiger partial charge < -0.3 is 5.32 Å². The van der Waals surface area contributed by atoms with Gasteiger partial charge in [0.2, 0.25) is 5.91 Å². The number of hydrogen-bond acceptors (Lipinski definition) is 4. The molecule has 0 saturated heterocycles. The number of anilines is 1. The van der Waals surface area contributed by atoms with Gasteiger partial charge in [-0.3, -0.25) is 9.78 Å². The summed E-state index contributed by atoms with van der Waals surface area (Å²) in [7, 11) is 0. The lowest BCUT2D eigenvalue weighted by Gasteiger charge is -2.09. The molecule has 0 bridgehead atoms.